The Morgan fingerprint density at radius 3 is 1.44 bits per heavy atom. The third-order valence-corrected chi connectivity index (χ3v) is 13.3. The van der Waals surface area contributed by atoms with Crippen LogP contribution in [0.3, 0.4) is 0 Å². The molecule has 0 bridgehead atoms. The molecule has 0 saturated carbocycles. The first-order chi connectivity index (χ1) is 35.7. The topological polar surface area (TPSA) is 175 Å². The maximum Gasteiger partial charge on any atom is 0.306 e. The highest BCUT2D eigenvalue weighted by atomic mass is 16.7. The van der Waals surface area contributed by atoms with Crippen molar-refractivity contribution in [1.82, 2.24) is 5.32 Å². The maximum absolute atomic E-state index is 13.3. The van der Waals surface area contributed by atoms with Gasteiger partial charge in [-0.3, -0.25) is 9.59 Å². The lowest BCUT2D eigenvalue weighted by atomic mass is 9.99. The number of esters is 1. The van der Waals surface area contributed by atoms with E-state index >= 15 is 0 Å². The zero-order valence-corrected chi connectivity index (χ0v) is 46.2. The summed E-state index contributed by atoms with van der Waals surface area (Å²) in [4.78, 5) is 26.4. The Hall–Kier alpha value is -3.16. The zero-order chi connectivity index (χ0) is 53.3. The van der Waals surface area contributed by atoms with Crippen LogP contribution in [-0.2, 0) is 23.8 Å². The maximum atomic E-state index is 13.3. The average Bonchev–Trinajstić information content (AvgIpc) is 3.39. The molecule has 11 nitrogen and oxygen atoms in total. The Bertz CT molecular complexity index is 1510. The second-order valence-electron chi connectivity index (χ2n) is 20.0. The second-order valence-corrected chi connectivity index (χ2v) is 20.0. The molecule has 1 amide bonds. The summed E-state index contributed by atoms with van der Waals surface area (Å²) in [6.45, 7) is 5.68. The Balaban J connectivity index is 2.77. The van der Waals surface area contributed by atoms with Crippen molar-refractivity contribution in [2.75, 3.05) is 13.2 Å². The van der Waals surface area contributed by atoms with Crippen molar-refractivity contribution in [3.8, 4) is 0 Å². The Morgan fingerprint density at radius 1 is 0.534 bits per heavy atom. The number of nitrogens with one attached hydrogen (secondary N) is 1. The lowest BCUT2D eigenvalue weighted by Crippen LogP contribution is -2.61. The quantitative estimate of drug-likeness (QED) is 0.0195. The van der Waals surface area contributed by atoms with E-state index in [0.717, 1.165) is 70.6 Å². The standard InChI is InChI=1S/C62H107NO10/c1-4-7-10-13-16-19-22-25-26-27-28-29-30-32-35-38-41-44-47-50-57(67)73-60-59(69)58(68)56(51-64)72-62(60)71-52-53(54(65)48-45-42-39-36-34-31-23-20-17-14-11-8-5-2)63-61(70)55(66)49-46-43-40-37-33-24-21-18-15-12-9-6-3/h16,19,25-26,28-29,32-33,35,37,43,45-46,48,53-56,58-60,62,64-66,68-69H,4-15,17-18,20-24,27,30-31,34,36,38-42,44,47,49-52H2,1-3H3,(H,63,70)/b19-16-,26-25-,29-28-,35-32-,37-33-,46-43+,48-45+. The molecule has 420 valence electrons. The Labute approximate surface area is 444 Å². The molecule has 8 atom stereocenters. The predicted molar refractivity (Wildman–Crippen MR) is 301 cm³/mol. The average molecular weight is 1030 g/mol. The number of carbonyl (C=O) groups is 2. The molecule has 73 heavy (non-hydrogen) atoms. The van der Waals surface area contributed by atoms with E-state index in [2.05, 4.69) is 86.8 Å². The van der Waals surface area contributed by atoms with Crippen molar-refractivity contribution >= 4 is 11.9 Å². The van der Waals surface area contributed by atoms with Gasteiger partial charge in [-0.05, 0) is 83.5 Å². The fourth-order valence-corrected chi connectivity index (χ4v) is 8.56. The number of ether oxygens (including phenoxy) is 3. The summed E-state index contributed by atoms with van der Waals surface area (Å²) < 4.78 is 17.5. The summed E-state index contributed by atoms with van der Waals surface area (Å²) in [6, 6.07) is -1.06. The number of hydrogen-bond acceptors (Lipinski definition) is 10. The van der Waals surface area contributed by atoms with Crippen LogP contribution in [0.2, 0.25) is 0 Å². The zero-order valence-electron chi connectivity index (χ0n) is 46.2. The van der Waals surface area contributed by atoms with Crippen molar-refractivity contribution in [3.63, 3.8) is 0 Å². The minimum Gasteiger partial charge on any atom is -0.454 e. The molecule has 1 rings (SSSR count). The van der Waals surface area contributed by atoms with Crippen LogP contribution in [0.25, 0.3) is 0 Å². The molecule has 0 radical (unpaired) electrons. The number of hydrogen-bond donors (Lipinski definition) is 6. The normalized spacial score (nSPS) is 20.0. The molecule has 0 aliphatic carbocycles. The molecular formula is C62H107NO10. The van der Waals surface area contributed by atoms with E-state index in [4.69, 9.17) is 14.2 Å². The van der Waals surface area contributed by atoms with Gasteiger partial charge in [-0.2, -0.15) is 0 Å². The molecule has 1 aliphatic rings. The number of aliphatic hydroxyl groups is 5. The molecule has 1 heterocycles. The number of amides is 1. The van der Waals surface area contributed by atoms with Crippen LogP contribution in [0.5, 0.6) is 0 Å². The van der Waals surface area contributed by atoms with Crippen molar-refractivity contribution in [2.24, 2.45) is 0 Å². The minimum absolute atomic E-state index is 0.0754. The molecule has 1 saturated heterocycles. The summed E-state index contributed by atoms with van der Waals surface area (Å²) in [5, 5.41) is 56.7. The molecule has 0 spiro atoms. The van der Waals surface area contributed by atoms with E-state index in [1.165, 1.54) is 116 Å². The van der Waals surface area contributed by atoms with Crippen LogP contribution >= 0.6 is 0 Å². The van der Waals surface area contributed by atoms with E-state index < -0.39 is 67.4 Å². The van der Waals surface area contributed by atoms with Gasteiger partial charge in [-0.1, -0.05) is 221 Å². The molecule has 0 aromatic carbocycles. The number of aliphatic hydroxyl groups excluding tert-OH is 5. The van der Waals surface area contributed by atoms with Crippen molar-refractivity contribution in [3.05, 3.63) is 85.1 Å². The minimum atomic E-state index is -1.64. The van der Waals surface area contributed by atoms with E-state index in [-0.39, 0.29) is 19.4 Å². The number of carbonyl (C=O) groups excluding carboxylic acids is 2. The molecule has 6 N–H and O–H groups in total. The SMILES string of the molecule is CCCCC/C=C\C/C=C\C/C=C\C/C=C\CCCCCC(=O)OC1C(OCC(NC(=O)C(O)C/C=C/C/C=C\CCCCCCCC)C(O)/C=C/CCCCCCCCCCCCC)OC(CO)C(O)C1O. The highest BCUT2D eigenvalue weighted by molar-refractivity contribution is 5.81. The molecule has 0 aromatic heterocycles. The first-order valence-electron chi connectivity index (χ1n) is 29.4. The van der Waals surface area contributed by atoms with Gasteiger partial charge in [-0.15, -0.1) is 0 Å². The van der Waals surface area contributed by atoms with Gasteiger partial charge in [0.15, 0.2) is 12.4 Å². The van der Waals surface area contributed by atoms with Gasteiger partial charge in [0, 0.05) is 12.8 Å². The van der Waals surface area contributed by atoms with Crippen LogP contribution < -0.4 is 5.32 Å². The number of unbranched alkanes of at least 4 members (excludes halogenated alkanes) is 23. The van der Waals surface area contributed by atoms with Gasteiger partial charge in [0.2, 0.25) is 5.91 Å². The van der Waals surface area contributed by atoms with Crippen molar-refractivity contribution < 1.29 is 49.3 Å². The van der Waals surface area contributed by atoms with E-state index in [1.54, 1.807) is 12.2 Å². The highest BCUT2D eigenvalue weighted by Crippen LogP contribution is 2.26. The Kier molecular flexibility index (Phi) is 46.2. The first kappa shape index (κ1) is 67.9. The molecule has 1 aliphatic heterocycles. The molecule has 8 unspecified atom stereocenters. The summed E-state index contributed by atoms with van der Waals surface area (Å²) in [6.07, 6.45) is 53.6. The van der Waals surface area contributed by atoms with Gasteiger partial charge >= 0.3 is 5.97 Å². The van der Waals surface area contributed by atoms with Crippen molar-refractivity contribution in [2.45, 2.75) is 282 Å². The Morgan fingerprint density at radius 2 is 0.945 bits per heavy atom. The number of rotatable bonds is 48. The van der Waals surface area contributed by atoms with Gasteiger partial charge < -0.3 is 45.1 Å². The lowest BCUT2D eigenvalue weighted by molar-refractivity contribution is -0.305. The third-order valence-electron chi connectivity index (χ3n) is 13.3. The second kappa shape index (κ2) is 49.7. The molecular weight excluding hydrogens is 919 g/mol. The van der Waals surface area contributed by atoms with Gasteiger partial charge in [0.25, 0.3) is 0 Å². The summed E-state index contributed by atoms with van der Waals surface area (Å²) in [7, 11) is 0. The first-order valence-corrected chi connectivity index (χ1v) is 29.4. The van der Waals surface area contributed by atoms with Crippen molar-refractivity contribution in [1.29, 1.82) is 0 Å². The largest absolute Gasteiger partial charge is 0.454 e. The summed E-state index contributed by atoms with van der Waals surface area (Å²) in [5.74, 6) is -1.30. The van der Waals surface area contributed by atoms with Crippen LogP contribution in [0, 0.1) is 0 Å². The monoisotopic (exact) mass is 1030 g/mol. The highest BCUT2D eigenvalue weighted by Gasteiger charge is 2.47. The lowest BCUT2D eigenvalue weighted by Gasteiger charge is -2.41. The molecule has 0 aromatic rings. The predicted octanol–water partition coefficient (Wildman–Crippen LogP) is 13.4. The van der Waals surface area contributed by atoms with E-state index in [9.17, 15) is 35.1 Å². The van der Waals surface area contributed by atoms with Gasteiger partial charge in [-0.25, -0.2) is 0 Å². The smallest absolute Gasteiger partial charge is 0.306 e. The molecule has 11 heteroatoms. The van der Waals surface area contributed by atoms with Gasteiger partial charge in [0.1, 0.15) is 24.4 Å². The third kappa shape index (κ3) is 38.1. The number of allylic oxidation sites excluding steroid dienone is 12. The fourth-order valence-electron chi connectivity index (χ4n) is 8.56. The van der Waals surface area contributed by atoms with E-state index in [1.807, 2.05) is 12.2 Å². The van der Waals surface area contributed by atoms with Crippen LogP contribution in [0.15, 0.2) is 85.1 Å². The summed E-state index contributed by atoms with van der Waals surface area (Å²) in [5.41, 5.74) is 0. The van der Waals surface area contributed by atoms with E-state index in [0.29, 0.717) is 12.8 Å². The molecule has 1 fully saturated rings. The van der Waals surface area contributed by atoms with Crippen LogP contribution in [0.1, 0.15) is 233 Å². The fraction of sp³-hybridized carbons (Fsp3) is 0.742. The summed E-state index contributed by atoms with van der Waals surface area (Å²) >= 11 is 0. The van der Waals surface area contributed by atoms with Gasteiger partial charge in [0.05, 0.1) is 25.4 Å². The van der Waals surface area contributed by atoms with Crippen LogP contribution in [-0.4, -0.2) is 99.6 Å². The van der Waals surface area contributed by atoms with Crippen LogP contribution in [0.4, 0.5) is 0 Å².